The number of aromatic nitrogens is 6. The Kier molecular flexibility index (Phi) is 4.24. The average molecular weight is 351 g/mol. The Balaban J connectivity index is 1.54. The van der Waals surface area contributed by atoms with E-state index in [0.29, 0.717) is 24.6 Å². The van der Waals surface area contributed by atoms with Crippen molar-refractivity contribution in [3.63, 3.8) is 0 Å². The van der Waals surface area contributed by atoms with E-state index in [1.165, 1.54) is 0 Å². The van der Waals surface area contributed by atoms with Crippen LogP contribution in [0, 0.1) is 0 Å². The zero-order valence-electron chi connectivity index (χ0n) is 14.9. The van der Waals surface area contributed by atoms with Crippen molar-refractivity contribution in [2.45, 2.75) is 32.7 Å². The van der Waals surface area contributed by atoms with Crippen molar-refractivity contribution in [2.24, 2.45) is 0 Å². The minimum absolute atomic E-state index is 0.0322. The van der Waals surface area contributed by atoms with Crippen LogP contribution in [0.2, 0.25) is 0 Å². The Bertz CT molecular complexity index is 914. The summed E-state index contributed by atoms with van der Waals surface area (Å²) < 4.78 is 3.95. The fraction of sp³-hybridized carbons (Fsp3) is 0.389. The van der Waals surface area contributed by atoms with Crippen LogP contribution in [-0.4, -0.2) is 53.4 Å². The second kappa shape index (κ2) is 6.70. The first-order valence-electron chi connectivity index (χ1n) is 8.80. The van der Waals surface area contributed by atoms with Crippen LogP contribution in [0.25, 0.3) is 5.69 Å². The van der Waals surface area contributed by atoms with Crippen LogP contribution < -0.4 is 0 Å². The molecule has 3 heterocycles. The number of rotatable bonds is 3. The van der Waals surface area contributed by atoms with E-state index in [9.17, 15) is 4.79 Å². The average Bonchev–Trinajstić information content (AvgIpc) is 3.28. The van der Waals surface area contributed by atoms with Gasteiger partial charge in [0.2, 0.25) is 0 Å². The molecule has 26 heavy (non-hydrogen) atoms. The van der Waals surface area contributed by atoms with Gasteiger partial charge < -0.3 is 9.47 Å². The summed E-state index contributed by atoms with van der Waals surface area (Å²) in [5.74, 6) is 2.30. The van der Waals surface area contributed by atoms with Gasteiger partial charge in [0.15, 0.2) is 0 Å². The molecule has 0 fully saturated rings. The van der Waals surface area contributed by atoms with Gasteiger partial charge in [-0.1, -0.05) is 19.9 Å². The number of hydrogen-bond acceptors (Lipinski definition) is 5. The predicted molar refractivity (Wildman–Crippen MR) is 95.1 cm³/mol. The van der Waals surface area contributed by atoms with Crippen LogP contribution in [0.1, 0.15) is 41.8 Å². The lowest BCUT2D eigenvalue weighted by atomic mass is 10.1. The third kappa shape index (κ3) is 2.98. The second-order valence-corrected chi connectivity index (χ2v) is 6.74. The highest BCUT2D eigenvalue weighted by Crippen LogP contribution is 2.18. The van der Waals surface area contributed by atoms with Crippen molar-refractivity contribution in [2.75, 3.05) is 13.1 Å². The summed E-state index contributed by atoms with van der Waals surface area (Å²) in [5.41, 5.74) is 1.54. The fourth-order valence-corrected chi connectivity index (χ4v) is 3.29. The van der Waals surface area contributed by atoms with Gasteiger partial charge in [0.25, 0.3) is 5.91 Å². The maximum atomic E-state index is 13.0. The van der Waals surface area contributed by atoms with Crippen LogP contribution in [0.15, 0.2) is 36.9 Å². The predicted octanol–water partition coefficient (Wildman–Crippen LogP) is 1.68. The summed E-state index contributed by atoms with van der Waals surface area (Å²) in [6.07, 6.45) is 3.96. The molecule has 2 aromatic heterocycles. The molecule has 0 bridgehead atoms. The van der Waals surface area contributed by atoms with Crippen LogP contribution >= 0.6 is 0 Å². The number of benzene rings is 1. The van der Waals surface area contributed by atoms with E-state index in [4.69, 9.17) is 0 Å². The summed E-state index contributed by atoms with van der Waals surface area (Å²) in [5, 5.41) is 16.2. The number of hydrogen-bond donors (Lipinski definition) is 0. The van der Waals surface area contributed by atoms with Gasteiger partial charge in [-0.2, -0.15) is 0 Å². The number of carbonyl (C=O) groups excluding carboxylic acids is 1. The van der Waals surface area contributed by atoms with Crippen molar-refractivity contribution < 1.29 is 4.79 Å². The zero-order chi connectivity index (χ0) is 18.1. The van der Waals surface area contributed by atoms with E-state index in [1.807, 2.05) is 29.2 Å². The Morgan fingerprint density at radius 3 is 2.65 bits per heavy atom. The molecule has 3 aromatic rings. The topological polar surface area (TPSA) is 81.7 Å². The van der Waals surface area contributed by atoms with Gasteiger partial charge in [0, 0.05) is 43.2 Å². The molecule has 1 aliphatic rings. The van der Waals surface area contributed by atoms with Gasteiger partial charge in [-0.05, 0) is 18.2 Å². The molecule has 0 spiro atoms. The van der Waals surface area contributed by atoms with Crippen molar-refractivity contribution in [1.29, 1.82) is 0 Å². The Labute approximate surface area is 151 Å². The molecule has 134 valence electrons. The van der Waals surface area contributed by atoms with Gasteiger partial charge in [-0.3, -0.25) is 9.36 Å². The number of carbonyl (C=O) groups is 1. The normalized spacial score (nSPS) is 14.3. The third-order valence-corrected chi connectivity index (χ3v) is 4.67. The zero-order valence-corrected chi connectivity index (χ0v) is 14.9. The Hall–Kier alpha value is -3.03. The maximum absolute atomic E-state index is 13.0. The van der Waals surface area contributed by atoms with Crippen molar-refractivity contribution >= 4 is 5.91 Å². The Morgan fingerprint density at radius 1 is 1.08 bits per heavy atom. The molecule has 1 aromatic carbocycles. The molecule has 1 aliphatic heterocycles. The van der Waals surface area contributed by atoms with E-state index in [1.54, 1.807) is 17.2 Å². The standard InChI is InChI=1S/C18H21N7O/c1-13(2)17-22-21-16-6-7-23(8-9-25(16)17)18(26)14-4-3-5-15(10-14)24-11-19-20-12-24/h3-5,10-13H,6-9H2,1-2H3. The van der Waals surface area contributed by atoms with Gasteiger partial charge in [0.05, 0.1) is 0 Å². The molecule has 0 saturated heterocycles. The van der Waals surface area contributed by atoms with E-state index in [2.05, 4.69) is 38.8 Å². The molecule has 0 N–H and O–H groups in total. The van der Waals surface area contributed by atoms with Crippen molar-refractivity contribution in [1.82, 2.24) is 34.4 Å². The smallest absolute Gasteiger partial charge is 0.254 e. The molecule has 8 heteroatoms. The summed E-state index contributed by atoms with van der Waals surface area (Å²) >= 11 is 0. The number of fused-ring (bicyclic) bond motifs is 1. The minimum Gasteiger partial charge on any atom is -0.336 e. The lowest BCUT2D eigenvalue weighted by Gasteiger charge is -2.20. The molecular formula is C18H21N7O. The number of amides is 1. The molecule has 0 saturated carbocycles. The van der Waals surface area contributed by atoms with E-state index in [-0.39, 0.29) is 5.91 Å². The number of nitrogens with zero attached hydrogens (tertiary/aromatic N) is 7. The molecule has 0 aliphatic carbocycles. The summed E-state index contributed by atoms with van der Waals surface area (Å²) in [7, 11) is 0. The second-order valence-electron chi connectivity index (χ2n) is 6.74. The quantitative estimate of drug-likeness (QED) is 0.717. The lowest BCUT2D eigenvalue weighted by molar-refractivity contribution is 0.0758. The van der Waals surface area contributed by atoms with Crippen LogP contribution in [-0.2, 0) is 13.0 Å². The van der Waals surface area contributed by atoms with Gasteiger partial charge in [-0.25, -0.2) is 0 Å². The van der Waals surface area contributed by atoms with Gasteiger partial charge in [-0.15, -0.1) is 20.4 Å². The monoisotopic (exact) mass is 351 g/mol. The fourth-order valence-electron chi connectivity index (χ4n) is 3.29. The highest BCUT2D eigenvalue weighted by atomic mass is 16.2. The highest BCUT2D eigenvalue weighted by molar-refractivity contribution is 5.94. The van der Waals surface area contributed by atoms with Gasteiger partial charge >= 0.3 is 0 Å². The van der Waals surface area contributed by atoms with Crippen LogP contribution in [0.3, 0.4) is 0 Å². The SMILES string of the molecule is CC(C)c1nnc2n1CCN(C(=O)c1cccc(-n3cnnc3)c1)CC2. The highest BCUT2D eigenvalue weighted by Gasteiger charge is 2.23. The lowest BCUT2D eigenvalue weighted by Crippen LogP contribution is -2.33. The van der Waals surface area contributed by atoms with Crippen molar-refractivity contribution in [3.8, 4) is 5.69 Å². The summed E-state index contributed by atoms with van der Waals surface area (Å²) in [6, 6.07) is 7.53. The first-order valence-corrected chi connectivity index (χ1v) is 8.80. The van der Waals surface area contributed by atoms with E-state index >= 15 is 0 Å². The molecule has 8 nitrogen and oxygen atoms in total. The summed E-state index contributed by atoms with van der Waals surface area (Å²) in [4.78, 5) is 14.9. The van der Waals surface area contributed by atoms with E-state index in [0.717, 1.165) is 30.3 Å². The van der Waals surface area contributed by atoms with Crippen molar-refractivity contribution in [3.05, 3.63) is 54.1 Å². The molecular weight excluding hydrogens is 330 g/mol. The third-order valence-electron chi connectivity index (χ3n) is 4.67. The van der Waals surface area contributed by atoms with Crippen LogP contribution in [0.4, 0.5) is 0 Å². The molecule has 0 atom stereocenters. The largest absolute Gasteiger partial charge is 0.336 e. The minimum atomic E-state index is 0.0322. The Morgan fingerprint density at radius 2 is 1.88 bits per heavy atom. The first kappa shape index (κ1) is 16.4. The molecule has 1 amide bonds. The molecule has 0 unspecified atom stereocenters. The van der Waals surface area contributed by atoms with Crippen LogP contribution in [0.5, 0.6) is 0 Å². The molecule has 4 rings (SSSR count). The first-order chi connectivity index (χ1) is 12.6. The van der Waals surface area contributed by atoms with Gasteiger partial charge in [0.1, 0.15) is 24.3 Å². The maximum Gasteiger partial charge on any atom is 0.254 e. The van der Waals surface area contributed by atoms with E-state index < -0.39 is 0 Å². The molecule has 0 radical (unpaired) electrons. The summed E-state index contributed by atoms with van der Waals surface area (Å²) in [6.45, 7) is 6.25.